The minimum atomic E-state index is -0.425. The summed E-state index contributed by atoms with van der Waals surface area (Å²) in [6, 6.07) is 11.6. The van der Waals surface area contributed by atoms with Gasteiger partial charge in [-0.3, -0.25) is 4.79 Å². The van der Waals surface area contributed by atoms with Gasteiger partial charge < -0.3 is 4.57 Å². The van der Waals surface area contributed by atoms with Gasteiger partial charge in [0.25, 0.3) is 5.91 Å². The lowest BCUT2D eigenvalue weighted by molar-refractivity contribution is 0.0778. The molecular weight excluding hydrogens is 307 g/mol. The van der Waals surface area contributed by atoms with Crippen molar-refractivity contribution in [3.05, 3.63) is 65.7 Å². The number of nitrogens with zero attached hydrogens (tertiary/aromatic N) is 4. The molecule has 0 bridgehead atoms. The molecule has 0 saturated carbocycles. The van der Waals surface area contributed by atoms with E-state index in [0.29, 0.717) is 18.5 Å². The Hall–Kier alpha value is -3.02. The van der Waals surface area contributed by atoms with Crippen molar-refractivity contribution < 1.29 is 9.18 Å². The van der Waals surface area contributed by atoms with Crippen LogP contribution in [0.1, 0.15) is 22.3 Å². The molecule has 0 radical (unpaired) electrons. The number of hydrogen-bond donors (Lipinski definition) is 0. The van der Waals surface area contributed by atoms with Crippen molar-refractivity contribution >= 4 is 22.7 Å². The number of carbonyl (C=O) groups is 1. The van der Waals surface area contributed by atoms with E-state index in [1.54, 1.807) is 12.4 Å². The maximum Gasteiger partial charge on any atom is 0.274 e. The van der Waals surface area contributed by atoms with E-state index in [-0.39, 0.29) is 5.91 Å². The monoisotopic (exact) mass is 322 g/mol. The second-order valence-electron chi connectivity index (χ2n) is 5.79. The van der Waals surface area contributed by atoms with Crippen molar-refractivity contribution in [2.75, 3.05) is 6.54 Å². The molecule has 3 aromatic rings. The molecule has 6 heteroatoms. The van der Waals surface area contributed by atoms with Gasteiger partial charge in [0.1, 0.15) is 5.82 Å². The summed E-state index contributed by atoms with van der Waals surface area (Å²) in [6.07, 6.45) is 2.44. The molecule has 1 aliphatic heterocycles. The molecule has 1 aliphatic rings. The predicted molar refractivity (Wildman–Crippen MR) is 89.3 cm³/mol. The number of imidazole rings is 1. The molecule has 2 heterocycles. The first-order valence-corrected chi connectivity index (χ1v) is 7.68. The minimum Gasteiger partial charge on any atom is -0.334 e. The zero-order valence-electron chi connectivity index (χ0n) is 13.1. The van der Waals surface area contributed by atoms with Crippen molar-refractivity contribution in [2.45, 2.75) is 6.42 Å². The van der Waals surface area contributed by atoms with Crippen molar-refractivity contribution in [1.82, 2.24) is 14.6 Å². The van der Waals surface area contributed by atoms with Gasteiger partial charge in [-0.15, -0.1) is 0 Å². The van der Waals surface area contributed by atoms with E-state index in [4.69, 9.17) is 0 Å². The zero-order chi connectivity index (χ0) is 16.7. The molecule has 0 saturated heterocycles. The number of aromatic nitrogens is 2. The van der Waals surface area contributed by atoms with Crippen LogP contribution >= 0.6 is 0 Å². The topological polar surface area (TPSA) is 50.5 Å². The third-order valence-electron chi connectivity index (χ3n) is 4.17. The van der Waals surface area contributed by atoms with Gasteiger partial charge in [-0.2, -0.15) is 5.10 Å². The molecule has 120 valence electrons. The summed E-state index contributed by atoms with van der Waals surface area (Å²) < 4.78 is 15.2. The second kappa shape index (κ2) is 5.56. The SMILES string of the molecule is Cn1cnc2ccc(C3=NN(C(=O)c4cccc(F)c4)CC3)cc21. The third-order valence-corrected chi connectivity index (χ3v) is 4.17. The average Bonchev–Trinajstić information content (AvgIpc) is 3.21. The molecule has 1 aromatic heterocycles. The Morgan fingerprint density at radius 3 is 2.92 bits per heavy atom. The molecule has 1 amide bonds. The number of rotatable bonds is 2. The Kier molecular flexibility index (Phi) is 3.37. The highest BCUT2D eigenvalue weighted by atomic mass is 19.1. The summed E-state index contributed by atoms with van der Waals surface area (Å²) in [7, 11) is 1.94. The van der Waals surface area contributed by atoms with Gasteiger partial charge in [-0.25, -0.2) is 14.4 Å². The minimum absolute atomic E-state index is 0.286. The largest absolute Gasteiger partial charge is 0.334 e. The van der Waals surface area contributed by atoms with Crippen molar-refractivity contribution in [1.29, 1.82) is 0 Å². The summed E-state index contributed by atoms with van der Waals surface area (Å²) in [4.78, 5) is 16.7. The van der Waals surface area contributed by atoms with Gasteiger partial charge in [0.2, 0.25) is 0 Å². The summed E-state index contributed by atoms with van der Waals surface area (Å²) in [6.45, 7) is 0.494. The van der Waals surface area contributed by atoms with Gasteiger partial charge in [0, 0.05) is 24.6 Å². The van der Waals surface area contributed by atoms with Crippen LogP contribution in [0.4, 0.5) is 4.39 Å². The number of halogens is 1. The Morgan fingerprint density at radius 2 is 2.08 bits per heavy atom. The average molecular weight is 322 g/mol. The zero-order valence-corrected chi connectivity index (χ0v) is 13.1. The van der Waals surface area contributed by atoms with Gasteiger partial charge in [0.15, 0.2) is 0 Å². The van der Waals surface area contributed by atoms with E-state index >= 15 is 0 Å². The van der Waals surface area contributed by atoms with E-state index in [1.807, 2.05) is 29.8 Å². The van der Waals surface area contributed by atoms with Gasteiger partial charge >= 0.3 is 0 Å². The maximum atomic E-state index is 13.3. The molecule has 0 spiro atoms. The fourth-order valence-corrected chi connectivity index (χ4v) is 2.88. The van der Waals surface area contributed by atoms with Gasteiger partial charge in [0.05, 0.1) is 29.6 Å². The van der Waals surface area contributed by atoms with Crippen molar-refractivity contribution in [3.63, 3.8) is 0 Å². The first-order chi connectivity index (χ1) is 11.6. The predicted octanol–water partition coefficient (Wildman–Crippen LogP) is 2.96. The summed E-state index contributed by atoms with van der Waals surface area (Å²) in [5.41, 5.74) is 4.07. The van der Waals surface area contributed by atoms with Gasteiger partial charge in [-0.05, 0) is 30.3 Å². The quantitative estimate of drug-likeness (QED) is 0.728. The highest BCUT2D eigenvalue weighted by molar-refractivity contribution is 6.05. The first-order valence-electron chi connectivity index (χ1n) is 7.68. The van der Waals surface area contributed by atoms with Crippen LogP contribution in [0, 0.1) is 5.82 Å². The van der Waals surface area contributed by atoms with Crippen LogP contribution in [0.15, 0.2) is 53.9 Å². The molecule has 4 rings (SSSR count). The van der Waals surface area contributed by atoms with E-state index in [1.165, 1.54) is 23.2 Å². The molecule has 0 atom stereocenters. The van der Waals surface area contributed by atoms with E-state index < -0.39 is 5.82 Å². The third kappa shape index (κ3) is 2.46. The lowest BCUT2D eigenvalue weighted by Crippen LogP contribution is -2.23. The van der Waals surface area contributed by atoms with Crippen LogP contribution in [0.3, 0.4) is 0 Å². The second-order valence-corrected chi connectivity index (χ2v) is 5.79. The van der Waals surface area contributed by atoms with Gasteiger partial charge in [-0.1, -0.05) is 12.1 Å². The molecule has 2 aromatic carbocycles. The molecule has 0 N–H and O–H groups in total. The fraction of sp³-hybridized carbons (Fsp3) is 0.167. The van der Waals surface area contributed by atoms with Crippen molar-refractivity contribution in [3.8, 4) is 0 Å². The Morgan fingerprint density at radius 1 is 1.21 bits per heavy atom. The fourth-order valence-electron chi connectivity index (χ4n) is 2.88. The van der Waals surface area contributed by atoms with E-state index in [0.717, 1.165) is 22.3 Å². The molecule has 0 aliphatic carbocycles. The normalized spacial score (nSPS) is 14.2. The van der Waals surface area contributed by atoms with E-state index in [9.17, 15) is 9.18 Å². The Bertz CT molecular complexity index is 976. The maximum absolute atomic E-state index is 13.3. The lowest BCUT2D eigenvalue weighted by atomic mass is 10.1. The number of aryl methyl sites for hydroxylation is 1. The molecular formula is C18H15FN4O. The Balaban J connectivity index is 1.64. The molecule has 0 unspecified atom stereocenters. The number of carbonyl (C=O) groups excluding carboxylic acids is 1. The number of benzene rings is 2. The first kappa shape index (κ1) is 14.6. The van der Waals surface area contributed by atoms with Crippen LogP contribution in [0.25, 0.3) is 11.0 Å². The highest BCUT2D eigenvalue weighted by Crippen LogP contribution is 2.20. The number of hydrogen-bond acceptors (Lipinski definition) is 3. The van der Waals surface area contributed by atoms with Crippen LogP contribution in [-0.2, 0) is 7.05 Å². The summed E-state index contributed by atoms with van der Waals surface area (Å²) in [5, 5.41) is 5.83. The summed E-state index contributed by atoms with van der Waals surface area (Å²) in [5.74, 6) is -0.711. The highest BCUT2D eigenvalue weighted by Gasteiger charge is 2.23. The van der Waals surface area contributed by atoms with Crippen LogP contribution < -0.4 is 0 Å². The van der Waals surface area contributed by atoms with Crippen molar-refractivity contribution in [2.24, 2.45) is 12.1 Å². The number of amides is 1. The number of fused-ring (bicyclic) bond motifs is 1. The lowest BCUT2D eigenvalue weighted by Gasteiger charge is -2.11. The van der Waals surface area contributed by atoms with E-state index in [2.05, 4.69) is 10.1 Å². The van der Waals surface area contributed by atoms with Crippen LogP contribution in [-0.4, -0.2) is 32.7 Å². The standard InChI is InChI=1S/C18H15FN4O/c1-22-11-20-16-6-5-12(10-17(16)22)15-7-8-23(21-15)18(24)13-3-2-4-14(19)9-13/h2-6,9-11H,7-8H2,1H3. The Labute approximate surface area is 138 Å². The number of hydrazone groups is 1. The van der Waals surface area contributed by atoms with Crippen LogP contribution in [0.5, 0.6) is 0 Å². The molecule has 5 nitrogen and oxygen atoms in total. The van der Waals surface area contributed by atoms with Crippen LogP contribution in [0.2, 0.25) is 0 Å². The molecule has 24 heavy (non-hydrogen) atoms. The smallest absolute Gasteiger partial charge is 0.274 e. The summed E-state index contributed by atoms with van der Waals surface area (Å²) >= 11 is 0. The molecule has 0 fully saturated rings.